The van der Waals surface area contributed by atoms with Gasteiger partial charge in [0.2, 0.25) is 0 Å². The van der Waals surface area contributed by atoms with E-state index >= 15 is 0 Å². The van der Waals surface area contributed by atoms with Crippen molar-refractivity contribution < 1.29 is 15.0 Å². The molecule has 0 bridgehead atoms. The molecule has 0 aliphatic rings. The van der Waals surface area contributed by atoms with E-state index in [2.05, 4.69) is 5.32 Å². The Labute approximate surface area is 165 Å². The lowest BCUT2D eigenvalue weighted by atomic mass is 9.76. The Bertz CT molecular complexity index is 769. The van der Waals surface area contributed by atoms with E-state index < -0.39 is 17.6 Å². The van der Waals surface area contributed by atoms with Crippen LogP contribution in [0.3, 0.4) is 0 Å². The van der Waals surface area contributed by atoms with Crippen LogP contribution in [0.15, 0.2) is 91.0 Å². The highest BCUT2D eigenvalue weighted by molar-refractivity contribution is 5.74. The summed E-state index contributed by atoms with van der Waals surface area (Å²) >= 11 is 0. The first-order chi connectivity index (χ1) is 13.7. The molecular weight excluding hydrogens is 350 g/mol. The molecule has 0 spiro atoms. The molecule has 3 rings (SSSR count). The maximum absolute atomic E-state index is 12.0. The molecule has 0 heterocycles. The molecule has 0 aromatic heterocycles. The third kappa shape index (κ3) is 4.14. The number of hydrogen-bond donors (Lipinski definition) is 3. The number of aliphatic carboxylic acids is 1. The van der Waals surface area contributed by atoms with Crippen LogP contribution < -0.4 is 5.32 Å². The first-order valence-corrected chi connectivity index (χ1v) is 9.46. The van der Waals surface area contributed by atoms with Gasteiger partial charge in [-0.25, -0.2) is 0 Å². The maximum atomic E-state index is 12.0. The van der Waals surface area contributed by atoms with Crippen molar-refractivity contribution in [1.82, 2.24) is 5.32 Å². The Morgan fingerprint density at radius 2 is 1.18 bits per heavy atom. The number of carbonyl (C=O) groups is 1. The number of carboxylic acid groups (broad SMARTS) is 1. The molecule has 0 saturated carbocycles. The van der Waals surface area contributed by atoms with Gasteiger partial charge < -0.3 is 10.2 Å². The van der Waals surface area contributed by atoms with Crippen molar-refractivity contribution >= 4 is 5.97 Å². The van der Waals surface area contributed by atoms with Crippen LogP contribution in [0.25, 0.3) is 0 Å². The monoisotopic (exact) mass is 375 g/mol. The normalized spacial score (nSPS) is 12.5. The number of carboxylic acids is 1. The van der Waals surface area contributed by atoms with Crippen molar-refractivity contribution in [1.29, 1.82) is 0 Å². The van der Waals surface area contributed by atoms with Gasteiger partial charge in [0.15, 0.2) is 0 Å². The van der Waals surface area contributed by atoms with Gasteiger partial charge in [0, 0.05) is 6.61 Å². The van der Waals surface area contributed by atoms with Crippen LogP contribution in [-0.4, -0.2) is 28.8 Å². The Balaban J connectivity index is 2.23. The molecule has 1 atom stereocenters. The van der Waals surface area contributed by atoms with E-state index in [0.29, 0.717) is 12.8 Å². The second kappa shape index (κ2) is 9.31. The van der Waals surface area contributed by atoms with Crippen LogP contribution in [0.5, 0.6) is 0 Å². The van der Waals surface area contributed by atoms with Crippen molar-refractivity contribution in [2.75, 3.05) is 6.61 Å². The van der Waals surface area contributed by atoms with Crippen molar-refractivity contribution in [2.45, 2.75) is 24.4 Å². The minimum Gasteiger partial charge on any atom is -0.480 e. The van der Waals surface area contributed by atoms with Gasteiger partial charge in [-0.05, 0) is 29.5 Å². The Kier molecular flexibility index (Phi) is 6.58. The van der Waals surface area contributed by atoms with Gasteiger partial charge in [0.25, 0.3) is 0 Å². The molecule has 3 N–H and O–H groups in total. The largest absolute Gasteiger partial charge is 0.480 e. The fourth-order valence-corrected chi connectivity index (χ4v) is 3.63. The Hall–Kier alpha value is -2.95. The first kappa shape index (κ1) is 19.8. The molecule has 3 aromatic carbocycles. The van der Waals surface area contributed by atoms with E-state index in [1.54, 1.807) is 0 Å². The average molecular weight is 375 g/mol. The molecule has 1 unspecified atom stereocenters. The molecule has 0 radical (unpaired) electrons. The van der Waals surface area contributed by atoms with Gasteiger partial charge in [-0.3, -0.25) is 10.1 Å². The summed E-state index contributed by atoms with van der Waals surface area (Å²) in [7, 11) is 0. The first-order valence-electron chi connectivity index (χ1n) is 9.46. The minimum absolute atomic E-state index is 0.0412. The average Bonchev–Trinajstić information content (AvgIpc) is 2.76. The summed E-state index contributed by atoms with van der Waals surface area (Å²) in [6.45, 7) is -0.0412. The van der Waals surface area contributed by atoms with Crippen LogP contribution in [0.1, 0.15) is 29.5 Å². The van der Waals surface area contributed by atoms with Gasteiger partial charge >= 0.3 is 5.97 Å². The van der Waals surface area contributed by atoms with Crippen molar-refractivity contribution in [3.63, 3.8) is 0 Å². The van der Waals surface area contributed by atoms with E-state index in [4.69, 9.17) is 0 Å². The van der Waals surface area contributed by atoms with Gasteiger partial charge in [-0.15, -0.1) is 0 Å². The minimum atomic E-state index is -0.930. The number of benzene rings is 3. The van der Waals surface area contributed by atoms with Gasteiger partial charge in [-0.2, -0.15) is 0 Å². The zero-order valence-corrected chi connectivity index (χ0v) is 15.7. The summed E-state index contributed by atoms with van der Waals surface area (Å²) in [6, 6.07) is 28.9. The van der Waals surface area contributed by atoms with E-state index in [0.717, 1.165) is 16.7 Å². The molecular formula is C24H25NO3. The zero-order chi connectivity index (χ0) is 19.8. The third-order valence-corrected chi connectivity index (χ3v) is 4.96. The van der Waals surface area contributed by atoms with Crippen molar-refractivity contribution in [2.24, 2.45) is 0 Å². The zero-order valence-electron chi connectivity index (χ0n) is 15.7. The lowest BCUT2D eigenvalue weighted by Crippen LogP contribution is -2.52. The molecule has 0 fully saturated rings. The van der Waals surface area contributed by atoms with E-state index in [1.807, 2.05) is 91.0 Å². The summed E-state index contributed by atoms with van der Waals surface area (Å²) in [5, 5.41) is 22.5. The summed E-state index contributed by atoms with van der Waals surface area (Å²) in [5.41, 5.74) is 2.05. The number of aliphatic hydroxyl groups excluding tert-OH is 1. The number of rotatable bonds is 9. The predicted molar refractivity (Wildman–Crippen MR) is 110 cm³/mol. The number of hydrogen-bond acceptors (Lipinski definition) is 3. The maximum Gasteiger partial charge on any atom is 0.320 e. The van der Waals surface area contributed by atoms with Gasteiger partial charge in [0.1, 0.15) is 6.04 Å². The van der Waals surface area contributed by atoms with E-state index in [9.17, 15) is 15.0 Å². The third-order valence-electron chi connectivity index (χ3n) is 4.96. The molecule has 0 saturated heterocycles. The molecule has 144 valence electrons. The highest BCUT2D eigenvalue weighted by Gasteiger charge is 2.39. The van der Waals surface area contributed by atoms with Crippen LogP contribution in [0, 0.1) is 0 Å². The summed E-state index contributed by atoms with van der Waals surface area (Å²) < 4.78 is 0. The lowest BCUT2D eigenvalue weighted by Gasteiger charge is -2.39. The SMILES string of the molecule is O=C(O)C(CCCO)NC(c1ccccc1)(c1ccccc1)c1ccccc1. The number of aliphatic hydroxyl groups is 1. The van der Waals surface area contributed by atoms with Crippen molar-refractivity contribution in [3.8, 4) is 0 Å². The fourth-order valence-electron chi connectivity index (χ4n) is 3.63. The van der Waals surface area contributed by atoms with Crippen LogP contribution >= 0.6 is 0 Å². The quantitative estimate of drug-likeness (QED) is 0.498. The molecule has 0 amide bonds. The second-order valence-corrected chi connectivity index (χ2v) is 6.75. The van der Waals surface area contributed by atoms with Gasteiger partial charge in [-0.1, -0.05) is 91.0 Å². The van der Waals surface area contributed by atoms with E-state index in [-0.39, 0.29) is 6.61 Å². The van der Waals surface area contributed by atoms with Gasteiger partial charge in [0.05, 0.1) is 5.54 Å². The molecule has 4 heteroatoms. The Morgan fingerprint density at radius 3 is 1.50 bits per heavy atom. The van der Waals surface area contributed by atoms with Crippen LogP contribution in [0.4, 0.5) is 0 Å². The highest BCUT2D eigenvalue weighted by Crippen LogP contribution is 2.37. The van der Waals surface area contributed by atoms with Crippen LogP contribution in [-0.2, 0) is 10.3 Å². The van der Waals surface area contributed by atoms with Crippen LogP contribution in [0.2, 0.25) is 0 Å². The summed E-state index contributed by atoms with van der Waals surface area (Å²) in [4.78, 5) is 12.0. The fraction of sp³-hybridized carbons (Fsp3) is 0.208. The second-order valence-electron chi connectivity index (χ2n) is 6.75. The predicted octanol–water partition coefficient (Wildman–Crippen LogP) is 3.79. The molecule has 3 aromatic rings. The Morgan fingerprint density at radius 1 is 0.786 bits per heavy atom. The topological polar surface area (TPSA) is 69.6 Å². The molecule has 0 aliphatic heterocycles. The van der Waals surface area contributed by atoms with Crippen molar-refractivity contribution in [3.05, 3.63) is 108 Å². The summed E-state index contributed by atoms with van der Waals surface area (Å²) in [6.07, 6.45) is 0.749. The lowest BCUT2D eigenvalue weighted by molar-refractivity contribution is -0.140. The molecule has 0 aliphatic carbocycles. The highest BCUT2D eigenvalue weighted by atomic mass is 16.4. The smallest absolute Gasteiger partial charge is 0.320 e. The number of nitrogens with one attached hydrogen (secondary N) is 1. The molecule has 4 nitrogen and oxygen atoms in total. The molecule has 28 heavy (non-hydrogen) atoms. The summed E-state index contributed by atoms with van der Waals surface area (Å²) in [5.74, 6) is -0.930. The van der Waals surface area contributed by atoms with E-state index in [1.165, 1.54) is 0 Å². The standard InChI is InChI=1S/C24H25NO3/c26-18-10-17-22(23(27)28)25-24(19-11-4-1-5-12-19,20-13-6-2-7-14-20)21-15-8-3-9-16-21/h1-9,11-16,22,25-26H,10,17-18H2,(H,27,28).